The smallest absolute Gasteiger partial charge is 0.109 e. The predicted molar refractivity (Wildman–Crippen MR) is 65.0 cm³/mol. The molecule has 0 amide bonds. The number of ether oxygens (including phenoxy) is 1. The first kappa shape index (κ1) is 12.4. The lowest BCUT2D eigenvalue weighted by molar-refractivity contribution is 0.0301. The van der Waals surface area contributed by atoms with Gasteiger partial charge in [0.2, 0.25) is 0 Å². The van der Waals surface area contributed by atoms with Gasteiger partial charge in [0, 0.05) is 11.9 Å². The van der Waals surface area contributed by atoms with Crippen molar-refractivity contribution in [1.82, 2.24) is 0 Å². The van der Waals surface area contributed by atoms with Crippen LogP contribution in [0.25, 0.3) is 0 Å². The summed E-state index contributed by atoms with van der Waals surface area (Å²) in [5, 5.41) is 9.81. The molecule has 4 heteroatoms. The minimum absolute atomic E-state index is 0.0475. The van der Waals surface area contributed by atoms with Crippen LogP contribution >= 0.6 is 6.89 Å². The highest BCUT2D eigenvalue weighted by Crippen LogP contribution is 2.38. The molecule has 1 rings (SSSR count). The first-order valence-corrected chi connectivity index (χ1v) is 8.13. The van der Waals surface area contributed by atoms with Gasteiger partial charge in [-0.05, 0) is 25.9 Å². The lowest BCUT2D eigenvalue weighted by Crippen LogP contribution is -2.26. The summed E-state index contributed by atoms with van der Waals surface area (Å²) in [6.07, 6.45) is 5.58. The molecule has 0 aromatic rings. The van der Waals surface area contributed by atoms with Crippen molar-refractivity contribution in [1.29, 1.82) is 0 Å². The van der Waals surface area contributed by atoms with E-state index in [2.05, 4.69) is 19.6 Å². The second kappa shape index (κ2) is 4.43. The maximum absolute atomic E-state index is 9.81. The average Bonchev–Trinajstić information content (AvgIpc) is 2.28. The van der Waals surface area contributed by atoms with E-state index >= 15 is 0 Å². The van der Waals surface area contributed by atoms with Crippen molar-refractivity contribution in [3.05, 3.63) is 0 Å². The molecule has 0 saturated carbocycles. The van der Waals surface area contributed by atoms with Crippen LogP contribution in [0.1, 0.15) is 13.3 Å². The second-order valence-electron chi connectivity index (χ2n) is 4.94. The third kappa shape index (κ3) is 3.15. The lowest BCUT2D eigenvalue weighted by Gasteiger charge is -2.19. The highest BCUT2D eigenvalue weighted by Gasteiger charge is 2.37. The molecule has 0 spiro atoms. The number of aliphatic hydroxyl groups excluding tert-OH is 1. The third-order valence-corrected chi connectivity index (χ3v) is 4.26. The molecule has 0 aliphatic carbocycles. The van der Waals surface area contributed by atoms with Crippen LogP contribution in [0.5, 0.6) is 0 Å². The molecule has 0 aromatic carbocycles. The molecule has 1 aliphatic rings. The SMILES string of the molecule is [B][C@@H]1O[C@H](CCP(=C)(C)C)[C@@H](O)[C@H]1C. The highest BCUT2D eigenvalue weighted by atomic mass is 31.2. The Labute approximate surface area is 88.4 Å². The fourth-order valence-electron chi connectivity index (χ4n) is 1.65. The molecule has 1 fully saturated rings. The molecule has 2 radical (unpaired) electrons. The molecule has 0 bridgehead atoms. The zero-order valence-corrected chi connectivity index (χ0v) is 10.2. The summed E-state index contributed by atoms with van der Waals surface area (Å²) in [6.45, 7) is 5.30. The van der Waals surface area contributed by atoms with E-state index in [0.717, 1.165) is 12.6 Å². The van der Waals surface area contributed by atoms with Crippen LogP contribution in [0.2, 0.25) is 0 Å². The van der Waals surface area contributed by atoms with Crippen molar-refractivity contribution in [2.24, 2.45) is 5.92 Å². The van der Waals surface area contributed by atoms with E-state index < -0.39 is 13.0 Å². The van der Waals surface area contributed by atoms with E-state index in [1.807, 2.05) is 6.92 Å². The van der Waals surface area contributed by atoms with Crippen LogP contribution < -0.4 is 0 Å². The lowest BCUT2D eigenvalue weighted by atomic mass is 9.86. The predicted octanol–water partition coefficient (Wildman–Crippen LogP) is 0.976. The normalized spacial score (nSPS) is 38.9. The number of hydrogen-bond acceptors (Lipinski definition) is 2. The Morgan fingerprint density at radius 1 is 1.50 bits per heavy atom. The van der Waals surface area contributed by atoms with E-state index in [0.29, 0.717) is 0 Å². The van der Waals surface area contributed by atoms with Gasteiger partial charge in [-0.3, -0.25) is 0 Å². The molecule has 4 atom stereocenters. The van der Waals surface area contributed by atoms with Crippen molar-refractivity contribution < 1.29 is 9.84 Å². The fourth-order valence-corrected chi connectivity index (χ4v) is 2.61. The molecular weight excluding hydrogens is 194 g/mol. The van der Waals surface area contributed by atoms with Gasteiger partial charge in [-0.1, -0.05) is 6.92 Å². The van der Waals surface area contributed by atoms with Gasteiger partial charge >= 0.3 is 0 Å². The number of aliphatic hydroxyl groups is 1. The third-order valence-electron chi connectivity index (χ3n) is 2.79. The summed E-state index contributed by atoms with van der Waals surface area (Å²) in [6, 6.07) is -0.304. The molecule has 0 unspecified atom stereocenters. The number of rotatable bonds is 3. The monoisotopic (exact) mass is 214 g/mol. The van der Waals surface area contributed by atoms with Gasteiger partial charge in [0.1, 0.15) is 7.85 Å². The minimum atomic E-state index is -1.02. The molecule has 14 heavy (non-hydrogen) atoms. The van der Waals surface area contributed by atoms with Gasteiger partial charge in [-0.25, -0.2) is 0 Å². The molecule has 2 nitrogen and oxygen atoms in total. The maximum atomic E-state index is 9.81. The first-order valence-electron chi connectivity index (χ1n) is 5.08. The van der Waals surface area contributed by atoms with Crippen LogP contribution in [-0.4, -0.2) is 57.0 Å². The topological polar surface area (TPSA) is 29.5 Å². The summed E-state index contributed by atoms with van der Waals surface area (Å²) in [5.41, 5.74) is 0. The molecule has 1 N–H and O–H groups in total. The molecule has 1 saturated heterocycles. The van der Waals surface area contributed by atoms with Crippen molar-refractivity contribution in [2.45, 2.75) is 31.6 Å². The molecule has 1 heterocycles. The fraction of sp³-hybridized carbons (Fsp3) is 0.900. The Kier molecular flexibility index (Phi) is 3.91. The Morgan fingerprint density at radius 3 is 2.43 bits per heavy atom. The van der Waals surface area contributed by atoms with Gasteiger partial charge in [0.15, 0.2) is 0 Å². The standard InChI is InChI=1S/C10H20BO2P/c1-7-9(12)8(13-10(7)11)5-6-14(2,3)4/h7-10,12H,2,5-6H2,1,3-4H3/t7-,8-,9+,10-/m1/s1. The molecule has 1 aliphatic heterocycles. The summed E-state index contributed by atoms with van der Waals surface area (Å²) in [4.78, 5) is 0. The van der Waals surface area contributed by atoms with Gasteiger partial charge in [0.25, 0.3) is 0 Å². The van der Waals surface area contributed by atoms with E-state index in [1.54, 1.807) is 0 Å². The molecule has 0 aromatic heterocycles. The van der Waals surface area contributed by atoms with Gasteiger partial charge in [0.05, 0.1) is 12.2 Å². The van der Waals surface area contributed by atoms with Gasteiger partial charge in [-0.15, -0.1) is 13.2 Å². The summed E-state index contributed by atoms with van der Waals surface area (Å²) >= 11 is 0. The second-order valence-corrected chi connectivity index (χ2v) is 9.26. The Bertz CT molecular complexity index is 238. The van der Waals surface area contributed by atoms with Gasteiger partial charge in [-0.2, -0.15) is 0 Å². The van der Waals surface area contributed by atoms with E-state index in [4.69, 9.17) is 12.6 Å². The Hall–Kier alpha value is 0.285. The quantitative estimate of drug-likeness (QED) is 0.560. The Morgan fingerprint density at radius 2 is 2.07 bits per heavy atom. The summed E-state index contributed by atoms with van der Waals surface area (Å²) < 4.78 is 5.50. The summed E-state index contributed by atoms with van der Waals surface area (Å²) in [7, 11) is 5.71. The average molecular weight is 214 g/mol. The van der Waals surface area contributed by atoms with Crippen LogP contribution in [0.4, 0.5) is 0 Å². The number of hydrogen-bond donors (Lipinski definition) is 1. The van der Waals surface area contributed by atoms with Crippen molar-refractivity contribution >= 4 is 21.0 Å². The van der Waals surface area contributed by atoms with Gasteiger partial charge < -0.3 is 9.84 Å². The van der Waals surface area contributed by atoms with Crippen molar-refractivity contribution in [2.75, 3.05) is 19.5 Å². The highest BCUT2D eigenvalue weighted by molar-refractivity contribution is 7.72. The van der Waals surface area contributed by atoms with E-state index in [1.165, 1.54) is 0 Å². The minimum Gasteiger partial charge on any atom is -0.390 e. The Balaban J connectivity index is 2.44. The zero-order chi connectivity index (χ0) is 10.9. The molecule has 80 valence electrons. The summed E-state index contributed by atoms with van der Waals surface area (Å²) in [5.74, 6) is 0.0475. The zero-order valence-electron chi connectivity index (χ0n) is 9.31. The van der Waals surface area contributed by atoms with Crippen LogP contribution in [0.3, 0.4) is 0 Å². The van der Waals surface area contributed by atoms with E-state index in [-0.39, 0.29) is 18.0 Å². The van der Waals surface area contributed by atoms with Crippen molar-refractivity contribution in [3.8, 4) is 0 Å². The van der Waals surface area contributed by atoms with E-state index in [9.17, 15) is 5.11 Å². The van der Waals surface area contributed by atoms with Crippen LogP contribution in [0, 0.1) is 5.92 Å². The van der Waals surface area contributed by atoms with Crippen LogP contribution in [0.15, 0.2) is 0 Å². The maximum Gasteiger partial charge on any atom is 0.109 e. The van der Waals surface area contributed by atoms with Crippen molar-refractivity contribution in [3.63, 3.8) is 0 Å². The van der Waals surface area contributed by atoms with Crippen LogP contribution in [-0.2, 0) is 4.74 Å². The molecular formula is C10H20BO2P. The largest absolute Gasteiger partial charge is 0.390 e. The first-order chi connectivity index (χ1) is 6.31.